The van der Waals surface area contributed by atoms with E-state index in [0.717, 1.165) is 11.8 Å². The Morgan fingerprint density at radius 2 is 2.00 bits per heavy atom. The van der Waals surface area contributed by atoms with Gasteiger partial charge in [-0.15, -0.1) is 0 Å². The van der Waals surface area contributed by atoms with Crippen LogP contribution in [0.1, 0.15) is 40.0 Å². The molecule has 68 valence electrons. The average molecular weight is 164 g/mol. The minimum Gasteiger partial charge on any atom is -0.0840 e. The first-order chi connectivity index (χ1) is 5.70. The summed E-state index contributed by atoms with van der Waals surface area (Å²) in [5, 5.41) is 0. The van der Waals surface area contributed by atoms with Gasteiger partial charge in [0.15, 0.2) is 0 Å². The van der Waals surface area contributed by atoms with Crippen LogP contribution in [-0.4, -0.2) is 0 Å². The van der Waals surface area contributed by atoms with E-state index in [2.05, 4.69) is 39.0 Å². The summed E-state index contributed by atoms with van der Waals surface area (Å²) in [5.74, 6) is 1.63. The monoisotopic (exact) mass is 164 g/mol. The summed E-state index contributed by atoms with van der Waals surface area (Å²) in [5.41, 5.74) is 1.54. The summed E-state index contributed by atoms with van der Waals surface area (Å²) in [6.45, 7) is 6.95. The third-order valence-corrected chi connectivity index (χ3v) is 2.77. The van der Waals surface area contributed by atoms with Crippen molar-refractivity contribution in [3.05, 3.63) is 23.8 Å². The van der Waals surface area contributed by atoms with Crippen LogP contribution < -0.4 is 0 Å². The molecule has 0 heteroatoms. The molecule has 0 N–H and O–H groups in total. The molecule has 0 heterocycles. The highest BCUT2D eigenvalue weighted by Gasteiger charge is 2.08. The molecule has 0 spiro atoms. The highest BCUT2D eigenvalue weighted by atomic mass is 14.1. The van der Waals surface area contributed by atoms with Crippen LogP contribution in [-0.2, 0) is 0 Å². The Balaban J connectivity index is 2.40. The van der Waals surface area contributed by atoms with E-state index < -0.39 is 0 Å². The van der Waals surface area contributed by atoms with Crippen molar-refractivity contribution in [1.82, 2.24) is 0 Å². The zero-order chi connectivity index (χ0) is 8.97. The molecule has 12 heavy (non-hydrogen) atoms. The normalized spacial score (nSPS) is 19.5. The Morgan fingerprint density at radius 1 is 1.25 bits per heavy atom. The summed E-state index contributed by atoms with van der Waals surface area (Å²) in [6.07, 6.45) is 10.7. The van der Waals surface area contributed by atoms with Crippen molar-refractivity contribution in [2.24, 2.45) is 11.8 Å². The topological polar surface area (TPSA) is 0 Å². The summed E-state index contributed by atoms with van der Waals surface area (Å²) in [7, 11) is 0. The van der Waals surface area contributed by atoms with Gasteiger partial charge in [-0.25, -0.2) is 0 Å². The first-order valence-electron chi connectivity index (χ1n) is 5.05. The van der Waals surface area contributed by atoms with E-state index in [-0.39, 0.29) is 0 Å². The summed E-state index contributed by atoms with van der Waals surface area (Å²) in [6, 6.07) is 0. The highest BCUT2D eigenvalue weighted by Crippen LogP contribution is 2.22. The molecule has 1 atom stereocenters. The molecule has 0 radical (unpaired) electrons. The molecule has 0 fully saturated rings. The molecule has 1 aliphatic carbocycles. The molecule has 0 aromatic carbocycles. The lowest BCUT2D eigenvalue weighted by Crippen LogP contribution is -2.04. The quantitative estimate of drug-likeness (QED) is 0.592. The third-order valence-electron chi connectivity index (χ3n) is 2.77. The Bertz CT molecular complexity index is 184. The Kier molecular flexibility index (Phi) is 3.58. The van der Waals surface area contributed by atoms with Crippen molar-refractivity contribution in [1.29, 1.82) is 0 Å². The molecule has 0 saturated heterocycles. The third kappa shape index (κ3) is 2.84. The van der Waals surface area contributed by atoms with Crippen molar-refractivity contribution in [3.63, 3.8) is 0 Å². The van der Waals surface area contributed by atoms with E-state index in [1.807, 2.05) is 0 Å². The van der Waals surface area contributed by atoms with Gasteiger partial charge >= 0.3 is 0 Å². The Hall–Kier alpha value is -0.520. The van der Waals surface area contributed by atoms with E-state index in [4.69, 9.17) is 0 Å². The Labute approximate surface area is 76.4 Å². The second-order valence-corrected chi connectivity index (χ2v) is 4.18. The van der Waals surface area contributed by atoms with E-state index in [1.165, 1.54) is 19.3 Å². The van der Waals surface area contributed by atoms with Gasteiger partial charge in [-0.05, 0) is 31.1 Å². The molecule has 0 aromatic heterocycles. The van der Waals surface area contributed by atoms with Crippen molar-refractivity contribution < 1.29 is 0 Å². The Morgan fingerprint density at radius 3 is 2.50 bits per heavy atom. The molecular weight excluding hydrogens is 144 g/mol. The van der Waals surface area contributed by atoms with Gasteiger partial charge in [0.2, 0.25) is 0 Å². The molecular formula is C12H20. The van der Waals surface area contributed by atoms with Crippen LogP contribution in [0.5, 0.6) is 0 Å². The van der Waals surface area contributed by atoms with Gasteiger partial charge in [-0.3, -0.25) is 0 Å². The van der Waals surface area contributed by atoms with Gasteiger partial charge < -0.3 is 0 Å². The SMILES string of the molecule is CC(C)[C@H](C)CC1=CCCC=C1. The van der Waals surface area contributed by atoms with Crippen LogP contribution in [0.25, 0.3) is 0 Å². The molecule has 0 bridgehead atoms. The molecule has 1 aliphatic rings. The van der Waals surface area contributed by atoms with Crippen LogP contribution in [0.3, 0.4) is 0 Å². The number of hydrogen-bond donors (Lipinski definition) is 0. The number of rotatable bonds is 3. The lowest BCUT2D eigenvalue weighted by molar-refractivity contribution is 0.418. The maximum absolute atomic E-state index is 2.39. The predicted octanol–water partition coefficient (Wildman–Crippen LogP) is 3.95. The van der Waals surface area contributed by atoms with E-state index >= 15 is 0 Å². The lowest BCUT2D eigenvalue weighted by atomic mass is 9.89. The van der Waals surface area contributed by atoms with E-state index in [1.54, 1.807) is 5.57 Å². The fraction of sp³-hybridized carbons (Fsp3) is 0.667. The van der Waals surface area contributed by atoms with Crippen LogP contribution in [0, 0.1) is 11.8 Å². The van der Waals surface area contributed by atoms with Crippen molar-refractivity contribution in [2.75, 3.05) is 0 Å². The smallest absolute Gasteiger partial charge is 0.0254 e. The molecule has 1 rings (SSSR count). The molecule has 0 aromatic rings. The standard InChI is InChI=1S/C12H20/c1-10(2)11(3)9-12-7-5-4-6-8-12/h5,7-8,10-11H,4,6,9H2,1-3H3/t11-/m1/s1. The van der Waals surface area contributed by atoms with E-state index in [9.17, 15) is 0 Å². The van der Waals surface area contributed by atoms with Gasteiger partial charge in [-0.1, -0.05) is 44.6 Å². The number of allylic oxidation sites excluding steroid dienone is 4. The van der Waals surface area contributed by atoms with Gasteiger partial charge in [0.05, 0.1) is 0 Å². The van der Waals surface area contributed by atoms with Gasteiger partial charge in [0.1, 0.15) is 0 Å². The maximum atomic E-state index is 2.39. The first kappa shape index (κ1) is 9.57. The van der Waals surface area contributed by atoms with Crippen LogP contribution in [0.2, 0.25) is 0 Å². The van der Waals surface area contributed by atoms with E-state index in [0.29, 0.717) is 0 Å². The predicted molar refractivity (Wildman–Crippen MR) is 55.1 cm³/mol. The van der Waals surface area contributed by atoms with Gasteiger partial charge in [0, 0.05) is 0 Å². The molecule has 0 saturated carbocycles. The van der Waals surface area contributed by atoms with Gasteiger partial charge in [0.25, 0.3) is 0 Å². The van der Waals surface area contributed by atoms with Crippen LogP contribution in [0.15, 0.2) is 23.8 Å². The fourth-order valence-electron chi connectivity index (χ4n) is 1.43. The zero-order valence-electron chi connectivity index (χ0n) is 8.51. The second kappa shape index (κ2) is 4.49. The van der Waals surface area contributed by atoms with Crippen molar-refractivity contribution >= 4 is 0 Å². The molecule has 0 aliphatic heterocycles. The first-order valence-corrected chi connectivity index (χ1v) is 5.05. The maximum Gasteiger partial charge on any atom is -0.0254 e. The minimum absolute atomic E-state index is 0.807. The molecule has 0 unspecified atom stereocenters. The number of hydrogen-bond acceptors (Lipinski definition) is 0. The van der Waals surface area contributed by atoms with Crippen LogP contribution in [0.4, 0.5) is 0 Å². The van der Waals surface area contributed by atoms with Crippen molar-refractivity contribution in [2.45, 2.75) is 40.0 Å². The van der Waals surface area contributed by atoms with Gasteiger partial charge in [-0.2, -0.15) is 0 Å². The summed E-state index contributed by atoms with van der Waals surface area (Å²) >= 11 is 0. The fourth-order valence-corrected chi connectivity index (χ4v) is 1.43. The summed E-state index contributed by atoms with van der Waals surface area (Å²) < 4.78 is 0. The van der Waals surface area contributed by atoms with Crippen molar-refractivity contribution in [3.8, 4) is 0 Å². The molecule has 0 nitrogen and oxygen atoms in total. The van der Waals surface area contributed by atoms with Crippen LogP contribution >= 0.6 is 0 Å². The second-order valence-electron chi connectivity index (χ2n) is 4.18. The lowest BCUT2D eigenvalue weighted by Gasteiger charge is -2.17. The summed E-state index contributed by atoms with van der Waals surface area (Å²) in [4.78, 5) is 0. The minimum atomic E-state index is 0.807. The largest absolute Gasteiger partial charge is 0.0840 e. The highest BCUT2D eigenvalue weighted by molar-refractivity contribution is 5.22. The average Bonchev–Trinajstić information content (AvgIpc) is 2.06. The molecule has 0 amide bonds. The zero-order valence-corrected chi connectivity index (χ0v) is 8.51.